The summed E-state index contributed by atoms with van der Waals surface area (Å²) in [6.07, 6.45) is 4.10. The zero-order valence-corrected chi connectivity index (χ0v) is 11.8. The van der Waals surface area contributed by atoms with Gasteiger partial charge in [0.1, 0.15) is 11.5 Å². The lowest BCUT2D eigenvalue weighted by atomic mass is 10.2. The van der Waals surface area contributed by atoms with Gasteiger partial charge in [-0.2, -0.15) is 0 Å². The highest BCUT2D eigenvalue weighted by atomic mass is 32.1. The third-order valence-corrected chi connectivity index (χ3v) is 4.02. The molecule has 0 amide bonds. The van der Waals surface area contributed by atoms with Gasteiger partial charge in [-0.15, -0.1) is 11.3 Å². The first-order valence-electron chi connectivity index (χ1n) is 6.18. The van der Waals surface area contributed by atoms with E-state index in [9.17, 15) is 10.1 Å². The van der Waals surface area contributed by atoms with Crippen molar-refractivity contribution in [2.75, 3.05) is 0 Å². The maximum atomic E-state index is 11.3. The van der Waals surface area contributed by atoms with Gasteiger partial charge in [0.25, 0.3) is 5.69 Å². The van der Waals surface area contributed by atoms with Crippen LogP contribution >= 0.6 is 11.3 Å². The summed E-state index contributed by atoms with van der Waals surface area (Å²) in [6, 6.07) is 3.35. The number of benzene rings is 1. The molecule has 2 aromatic heterocycles. The van der Waals surface area contributed by atoms with Crippen molar-refractivity contribution >= 4 is 27.2 Å². The molecule has 1 aromatic carbocycles. The summed E-state index contributed by atoms with van der Waals surface area (Å²) in [7, 11) is 0. The van der Waals surface area contributed by atoms with Gasteiger partial charge in [0.05, 0.1) is 20.1 Å². The Bertz CT molecular complexity index is 806. The van der Waals surface area contributed by atoms with Crippen LogP contribution in [0.15, 0.2) is 24.5 Å². The normalized spacial score (nSPS) is 11.1. The molecule has 0 saturated heterocycles. The number of imidazole rings is 1. The van der Waals surface area contributed by atoms with Gasteiger partial charge in [-0.3, -0.25) is 14.7 Å². The van der Waals surface area contributed by atoms with E-state index in [-0.39, 0.29) is 10.6 Å². The summed E-state index contributed by atoms with van der Waals surface area (Å²) in [5.41, 5.74) is 1.37. The van der Waals surface area contributed by atoms with Crippen molar-refractivity contribution in [2.45, 2.75) is 20.3 Å². The van der Waals surface area contributed by atoms with Crippen LogP contribution in [0.1, 0.15) is 17.8 Å². The van der Waals surface area contributed by atoms with Gasteiger partial charge < -0.3 is 0 Å². The predicted octanol–water partition coefficient (Wildman–Crippen LogP) is 3.26. The van der Waals surface area contributed by atoms with Crippen molar-refractivity contribution in [1.82, 2.24) is 14.5 Å². The molecular formula is C13H12N4O2S. The second-order valence-corrected chi connectivity index (χ2v) is 5.60. The van der Waals surface area contributed by atoms with Crippen molar-refractivity contribution in [3.05, 3.63) is 45.5 Å². The molecule has 0 spiro atoms. The Morgan fingerprint density at radius 2 is 2.25 bits per heavy atom. The summed E-state index contributed by atoms with van der Waals surface area (Å²) < 4.78 is 2.59. The maximum Gasteiger partial charge on any atom is 0.294 e. The zero-order chi connectivity index (χ0) is 14.3. The molecule has 0 N–H and O–H groups in total. The molecule has 102 valence electrons. The highest BCUT2D eigenvalue weighted by Gasteiger charge is 2.20. The van der Waals surface area contributed by atoms with Crippen molar-refractivity contribution in [3.8, 4) is 5.69 Å². The molecule has 0 saturated carbocycles. The average Bonchev–Trinajstić information content (AvgIpc) is 3.00. The lowest BCUT2D eigenvalue weighted by Gasteiger charge is -2.07. The molecule has 0 radical (unpaired) electrons. The van der Waals surface area contributed by atoms with E-state index in [1.165, 1.54) is 11.3 Å². The van der Waals surface area contributed by atoms with Crippen LogP contribution < -0.4 is 0 Å². The molecule has 0 aliphatic heterocycles. The number of nitro benzene ring substituents is 1. The summed E-state index contributed by atoms with van der Waals surface area (Å²) in [5, 5.41) is 12.2. The zero-order valence-electron chi connectivity index (χ0n) is 11.0. The van der Waals surface area contributed by atoms with Gasteiger partial charge in [-0.25, -0.2) is 9.97 Å². The molecule has 0 aliphatic rings. The summed E-state index contributed by atoms with van der Waals surface area (Å²) in [6.45, 7) is 3.86. The quantitative estimate of drug-likeness (QED) is 0.547. The Morgan fingerprint density at radius 3 is 2.95 bits per heavy atom. The molecule has 6 nitrogen and oxygen atoms in total. The van der Waals surface area contributed by atoms with Gasteiger partial charge in [-0.1, -0.05) is 6.92 Å². The van der Waals surface area contributed by atoms with Crippen molar-refractivity contribution in [3.63, 3.8) is 0 Å². The smallest absolute Gasteiger partial charge is 0.294 e. The molecule has 0 fully saturated rings. The Kier molecular flexibility index (Phi) is 2.98. The van der Waals surface area contributed by atoms with Gasteiger partial charge in [0.15, 0.2) is 0 Å². The van der Waals surface area contributed by atoms with E-state index in [1.54, 1.807) is 29.1 Å². The Balaban J connectivity index is 2.32. The van der Waals surface area contributed by atoms with E-state index in [0.717, 1.165) is 21.0 Å². The van der Waals surface area contributed by atoms with Gasteiger partial charge in [0, 0.05) is 24.9 Å². The van der Waals surface area contributed by atoms with Crippen LogP contribution in [0.3, 0.4) is 0 Å². The van der Waals surface area contributed by atoms with E-state index in [4.69, 9.17) is 0 Å². The molecule has 7 heteroatoms. The monoisotopic (exact) mass is 288 g/mol. The van der Waals surface area contributed by atoms with Crippen molar-refractivity contribution in [2.24, 2.45) is 0 Å². The third kappa shape index (κ3) is 1.96. The van der Waals surface area contributed by atoms with Crippen LogP contribution in [0.4, 0.5) is 5.69 Å². The van der Waals surface area contributed by atoms with Crippen LogP contribution in [0.5, 0.6) is 0 Å². The number of aryl methyl sites for hydroxylation is 2. The van der Waals surface area contributed by atoms with Gasteiger partial charge in [0.2, 0.25) is 0 Å². The first kappa shape index (κ1) is 12.7. The van der Waals surface area contributed by atoms with E-state index < -0.39 is 0 Å². The van der Waals surface area contributed by atoms with Crippen LogP contribution in [0, 0.1) is 17.0 Å². The number of hydrogen-bond donors (Lipinski definition) is 0. The van der Waals surface area contributed by atoms with E-state index in [2.05, 4.69) is 9.97 Å². The standard InChI is InChI=1S/C13H12N4O2S/c1-3-13-14-4-5-16(13)10-6-9-12(20-8(2)15-9)7-11(10)17(18)19/h4-7H,3H2,1-2H3. The molecule has 2 heterocycles. The number of fused-ring (bicyclic) bond motifs is 1. The highest BCUT2D eigenvalue weighted by Crippen LogP contribution is 2.32. The average molecular weight is 288 g/mol. The van der Waals surface area contributed by atoms with E-state index >= 15 is 0 Å². The minimum Gasteiger partial charge on any atom is -0.298 e. The minimum atomic E-state index is -0.358. The topological polar surface area (TPSA) is 73.8 Å². The van der Waals surface area contributed by atoms with Gasteiger partial charge in [-0.05, 0) is 13.0 Å². The molecule has 0 bridgehead atoms. The fourth-order valence-corrected chi connectivity index (χ4v) is 3.06. The van der Waals surface area contributed by atoms with Crippen molar-refractivity contribution in [1.29, 1.82) is 0 Å². The third-order valence-electron chi connectivity index (χ3n) is 3.08. The number of thiazole rings is 1. The van der Waals surface area contributed by atoms with Crippen LogP contribution in [-0.2, 0) is 6.42 Å². The Labute approximate surface area is 118 Å². The second kappa shape index (κ2) is 4.68. The first-order valence-corrected chi connectivity index (χ1v) is 7.00. The van der Waals surface area contributed by atoms with Crippen LogP contribution in [0.2, 0.25) is 0 Å². The summed E-state index contributed by atoms with van der Waals surface area (Å²) in [5.74, 6) is 0.791. The summed E-state index contributed by atoms with van der Waals surface area (Å²) in [4.78, 5) is 19.6. The number of nitrogens with zero attached hydrogens (tertiary/aromatic N) is 4. The minimum absolute atomic E-state index is 0.0776. The predicted molar refractivity (Wildman–Crippen MR) is 77.5 cm³/mol. The number of hydrogen-bond acceptors (Lipinski definition) is 5. The van der Waals surface area contributed by atoms with Gasteiger partial charge >= 0.3 is 0 Å². The Morgan fingerprint density at radius 1 is 1.45 bits per heavy atom. The first-order chi connectivity index (χ1) is 9.60. The molecule has 3 aromatic rings. The number of nitro groups is 1. The SMILES string of the molecule is CCc1nccn1-c1cc2nc(C)sc2cc1[N+](=O)[O-]. The molecule has 0 unspecified atom stereocenters. The highest BCUT2D eigenvalue weighted by molar-refractivity contribution is 7.18. The fourth-order valence-electron chi connectivity index (χ4n) is 2.22. The van der Waals surface area contributed by atoms with Crippen LogP contribution in [-0.4, -0.2) is 19.5 Å². The fraction of sp³-hybridized carbons (Fsp3) is 0.231. The van der Waals surface area contributed by atoms with Crippen molar-refractivity contribution < 1.29 is 4.92 Å². The molecule has 3 rings (SSSR count). The van der Waals surface area contributed by atoms with Crippen LogP contribution in [0.25, 0.3) is 15.9 Å². The Hall–Kier alpha value is -2.28. The molecular weight excluding hydrogens is 276 g/mol. The molecule has 0 aliphatic carbocycles. The lowest BCUT2D eigenvalue weighted by Crippen LogP contribution is -2.03. The molecule has 0 atom stereocenters. The largest absolute Gasteiger partial charge is 0.298 e. The number of aromatic nitrogens is 3. The lowest BCUT2D eigenvalue weighted by molar-refractivity contribution is -0.384. The maximum absolute atomic E-state index is 11.3. The molecule has 20 heavy (non-hydrogen) atoms. The van der Waals surface area contributed by atoms with E-state index in [1.807, 2.05) is 13.8 Å². The second-order valence-electron chi connectivity index (χ2n) is 4.37. The van der Waals surface area contributed by atoms with E-state index in [0.29, 0.717) is 12.1 Å². The number of rotatable bonds is 3. The summed E-state index contributed by atoms with van der Waals surface area (Å²) >= 11 is 1.46.